The average Bonchev–Trinajstić information content (AvgIpc) is 2.98. The van der Waals surface area contributed by atoms with E-state index in [-0.39, 0.29) is 17.9 Å². The summed E-state index contributed by atoms with van der Waals surface area (Å²) in [5.41, 5.74) is -1.25. The molecule has 2 aliphatic rings. The summed E-state index contributed by atoms with van der Waals surface area (Å²) in [6.07, 6.45) is 6.91. The monoisotopic (exact) mass is 294 g/mol. The van der Waals surface area contributed by atoms with Gasteiger partial charge in [0.1, 0.15) is 11.1 Å². The molecule has 2 fully saturated rings. The van der Waals surface area contributed by atoms with Crippen molar-refractivity contribution in [1.82, 2.24) is 10.2 Å². The summed E-state index contributed by atoms with van der Waals surface area (Å²) >= 11 is 0. The summed E-state index contributed by atoms with van der Waals surface area (Å²) in [6, 6.07) is 0.180. The van der Waals surface area contributed by atoms with E-state index in [2.05, 4.69) is 19.2 Å². The third-order valence-corrected chi connectivity index (χ3v) is 5.81. The third kappa shape index (κ3) is 2.27. The second-order valence-corrected chi connectivity index (χ2v) is 6.63. The van der Waals surface area contributed by atoms with Gasteiger partial charge < -0.3 is 10.2 Å². The van der Waals surface area contributed by atoms with Crippen molar-refractivity contribution < 1.29 is 9.59 Å². The molecule has 0 unspecified atom stereocenters. The molecule has 0 aromatic carbocycles. The van der Waals surface area contributed by atoms with Crippen molar-refractivity contribution in [3.63, 3.8) is 0 Å². The van der Waals surface area contributed by atoms with Crippen LogP contribution >= 0.6 is 0 Å². The lowest BCUT2D eigenvalue weighted by atomic mass is 9.79. The van der Waals surface area contributed by atoms with Crippen LogP contribution in [0.25, 0.3) is 0 Å². The molecule has 4 heteroatoms. The maximum absolute atomic E-state index is 13.3. The first-order valence-corrected chi connectivity index (χ1v) is 8.67. The molecule has 1 heterocycles. The van der Waals surface area contributed by atoms with E-state index in [4.69, 9.17) is 0 Å². The Hall–Kier alpha value is -1.06. The van der Waals surface area contributed by atoms with E-state index in [0.717, 1.165) is 38.5 Å². The van der Waals surface area contributed by atoms with Crippen LogP contribution in [0, 0.1) is 0 Å². The molecule has 2 rings (SSSR count). The van der Waals surface area contributed by atoms with Gasteiger partial charge in [0.15, 0.2) is 0 Å². The highest BCUT2D eigenvalue weighted by Gasteiger charge is 2.59. The summed E-state index contributed by atoms with van der Waals surface area (Å²) in [6.45, 7) is 8.24. The SMILES string of the molecule is CCC(CC)N1C(=O)C(CC)(CC)NC(=O)C12CCCC2. The fourth-order valence-corrected chi connectivity index (χ4v) is 4.25. The molecular weight excluding hydrogens is 264 g/mol. The standard InChI is InChI=1S/C17H30N2O2/c1-5-13(6-2)19-15(21)16(7-3,8-4)18-14(20)17(19)11-9-10-12-17/h13H,5-12H2,1-4H3,(H,18,20). The van der Waals surface area contributed by atoms with Gasteiger partial charge in [-0.3, -0.25) is 9.59 Å². The van der Waals surface area contributed by atoms with Gasteiger partial charge in [0.2, 0.25) is 11.8 Å². The maximum Gasteiger partial charge on any atom is 0.249 e. The summed E-state index contributed by atoms with van der Waals surface area (Å²) in [5, 5.41) is 3.11. The van der Waals surface area contributed by atoms with Crippen molar-refractivity contribution in [2.45, 2.75) is 96.2 Å². The Morgan fingerprint density at radius 1 is 1.05 bits per heavy atom. The number of amides is 2. The molecule has 1 saturated carbocycles. The molecule has 0 atom stereocenters. The van der Waals surface area contributed by atoms with Crippen LogP contribution in [0.5, 0.6) is 0 Å². The van der Waals surface area contributed by atoms with Gasteiger partial charge in [-0.05, 0) is 38.5 Å². The Balaban J connectivity index is 2.49. The normalized spacial score (nSPS) is 24.0. The van der Waals surface area contributed by atoms with Crippen molar-refractivity contribution >= 4 is 11.8 Å². The Kier molecular flexibility index (Phi) is 4.64. The zero-order valence-corrected chi connectivity index (χ0v) is 14.0. The van der Waals surface area contributed by atoms with E-state index in [1.54, 1.807) is 0 Å². The number of carbonyl (C=O) groups is 2. The van der Waals surface area contributed by atoms with Gasteiger partial charge in [-0.2, -0.15) is 0 Å². The van der Waals surface area contributed by atoms with Crippen LogP contribution in [0.3, 0.4) is 0 Å². The molecule has 1 aliphatic heterocycles. The van der Waals surface area contributed by atoms with Crippen LogP contribution in [0.15, 0.2) is 0 Å². The average molecular weight is 294 g/mol. The molecule has 0 bridgehead atoms. The number of hydrogen-bond donors (Lipinski definition) is 1. The zero-order chi connectivity index (χ0) is 15.7. The van der Waals surface area contributed by atoms with Crippen molar-refractivity contribution in [1.29, 1.82) is 0 Å². The third-order valence-electron chi connectivity index (χ3n) is 5.81. The van der Waals surface area contributed by atoms with Gasteiger partial charge in [-0.15, -0.1) is 0 Å². The minimum absolute atomic E-state index is 0.0928. The molecule has 2 amide bonds. The van der Waals surface area contributed by atoms with Crippen LogP contribution in [0.1, 0.15) is 79.1 Å². The summed E-state index contributed by atoms with van der Waals surface area (Å²) in [5.74, 6) is 0.248. The Morgan fingerprint density at radius 2 is 1.57 bits per heavy atom. The number of nitrogens with zero attached hydrogens (tertiary/aromatic N) is 1. The highest BCUT2D eigenvalue weighted by Crippen LogP contribution is 2.43. The van der Waals surface area contributed by atoms with Crippen LogP contribution in [-0.4, -0.2) is 33.8 Å². The van der Waals surface area contributed by atoms with Crippen LogP contribution in [0.2, 0.25) is 0 Å². The minimum Gasteiger partial charge on any atom is -0.340 e. The number of nitrogens with one attached hydrogen (secondary N) is 1. The van der Waals surface area contributed by atoms with E-state index in [1.807, 2.05) is 18.7 Å². The van der Waals surface area contributed by atoms with Crippen LogP contribution in [0.4, 0.5) is 0 Å². The van der Waals surface area contributed by atoms with Crippen molar-refractivity contribution in [3.05, 3.63) is 0 Å². The lowest BCUT2D eigenvalue weighted by Gasteiger charge is -2.54. The van der Waals surface area contributed by atoms with Gasteiger partial charge in [0, 0.05) is 6.04 Å². The molecule has 21 heavy (non-hydrogen) atoms. The highest BCUT2D eigenvalue weighted by atomic mass is 16.2. The fourth-order valence-electron chi connectivity index (χ4n) is 4.25. The molecule has 1 N–H and O–H groups in total. The summed E-state index contributed by atoms with van der Waals surface area (Å²) in [7, 11) is 0. The molecule has 1 spiro atoms. The van der Waals surface area contributed by atoms with Crippen molar-refractivity contribution in [2.24, 2.45) is 0 Å². The van der Waals surface area contributed by atoms with E-state index in [1.165, 1.54) is 0 Å². The topological polar surface area (TPSA) is 49.4 Å². The van der Waals surface area contributed by atoms with Gasteiger partial charge in [0.05, 0.1) is 0 Å². The van der Waals surface area contributed by atoms with Gasteiger partial charge in [-0.1, -0.05) is 40.5 Å². The fraction of sp³-hybridized carbons (Fsp3) is 0.882. The predicted octanol–water partition coefficient (Wildman–Crippen LogP) is 3.01. The quantitative estimate of drug-likeness (QED) is 0.847. The van der Waals surface area contributed by atoms with Crippen molar-refractivity contribution in [3.8, 4) is 0 Å². The predicted molar refractivity (Wildman–Crippen MR) is 83.9 cm³/mol. The first kappa shape index (κ1) is 16.3. The Labute approximate surface area is 128 Å². The number of hydrogen-bond acceptors (Lipinski definition) is 2. The Morgan fingerprint density at radius 3 is 2.00 bits per heavy atom. The van der Waals surface area contributed by atoms with Crippen molar-refractivity contribution in [2.75, 3.05) is 0 Å². The smallest absolute Gasteiger partial charge is 0.249 e. The molecule has 1 saturated heterocycles. The molecule has 0 aromatic heterocycles. The number of piperazine rings is 1. The Bertz CT molecular complexity index is 405. The number of rotatable bonds is 5. The maximum atomic E-state index is 13.3. The van der Waals surface area contributed by atoms with E-state index >= 15 is 0 Å². The molecule has 120 valence electrons. The van der Waals surface area contributed by atoms with Gasteiger partial charge >= 0.3 is 0 Å². The lowest BCUT2D eigenvalue weighted by molar-refractivity contribution is -0.167. The van der Waals surface area contributed by atoms with E-state index < -0.39 is 11.1 Å². The van der Waals surface area contributed by atoms with Gasteiger partial charge in [-0.25, -0.2) is 0 Å². The van der Waals surface area contributed by atoms with Crippen LogP contribution < -0.4 is 5.32 Å². The molecule has 0 radical (unpaired) electrons. The zero-order valence-electron chi connectivity index (χ0n) is 14.0. The second kappa shape index (κ2) is 5.98. The van der Waals surface area contributed by atoms with Gasteiger partial charge in [0.25, 0.3) is 0 Å². The van der Waals surface area contributed by atoms with E-state index in [0.29, 0.717) is 12.8 Å². The minimum atomic E-state index is -0.687. The molecular formula is C17H30N2O2. The molecule has 0 aromatic rings. The molecule has 1 aliphatic carbocycles. The molecule has 4 nitrogen and oxygen atoms in total. The number of carbonyl (C=O) groups excluding carboxylic acids is 2. The van der Waals surface area contributed by atoms with E-state index in [9.17, 15) is 9.59 Å². The lowest BCUT2D eigenvalue weighted by Crippen LogP contribution is -2.76. The second-order valence-electron chi connectivity index (χ2n) is 6.63. The first-order chi connectivity index (χ1) is 10.0. The van der Waals surface area contributed by atoms with Crippen LogP contribution in [-0.2, 0) is 9.59 Å². The first-order valence-electron chi connectivity index (χ1n) is 8.67. The highest BCUT2D eigenvalue weighted by molar-refractivity contribution is 6.02. The summed E-state index contributed by atoms with van der Waals surface area (Å²) < 4.78 is 0. The summed E-state index contributed by atoms with van der Waals surface area (Å²) in [4.78, 5) is 28.2. The largest absolute Gasteiger partial charge is 0.340 e.